The van der Waals surface area contributed by atoms with E-state index in [-0.39, 0.29) is 30.4 Å². The number of carbonyl (C=O) groups excluding carboxylic acids is 2. The lowest BCUT2D eigenvalue weighted by Gasteiger charge is -2.32. The molecule has 0 saturated carbocycles. The average molecular weight is 405 g/mol. The van der Waals surface area contributed by atoms with Crippen molar-refractivity contribution in [2.45, 2.75) is 38.5 Å². The van der Waals surface area contributed by atoms with Crippen molar-refractivity contribution in [3.05, 3.63) is 59.9 Å². The van der Waals surface area contributed by atoms with Crippen LogP contribution in [-0.2, 0) is 4.79 Å². The Morgan fingerprint density at radius 2 is 1.93 bits per heavy atom. The number of amides is 1. The molecule has 1 N–H and O–H groups in total. The first-order valence-corrected chi connectivity index (χ1v) is 10.6. The molecule has 1 saturated heterocycles. The van der Waals surface area contributed by atoms with E-state index in [4.69, 9.17) is 9.72 Å². The summed E-state index contributed by atoms with van der Waals surface area (Å²) in [7, 11) is 0. The fraction of sp³-hybridized carbons (Fsp3) is 0.375. The highest BCUT2D eigenvalue weighted by Gasteiger charge is 2.27. The van der Waals surface area contributed by atoms with E-state index in [2.05, 4.69) is 4.98 Å². The third kappa shape index (κ3) is 4.53. The highest BCUT2D eigenvalue weighted by atomic mass is 16.5. The van der Waals surface area contributed by atoms with Crippen LogP contribution in [-0.4, -0.2) is 46.3 Å². The molecule has 1 aliphatic rings. The number of imidazole rings is 1. The van der Waals surface area contributed by atoms with Crippen LogP contribution in [0.2, 0.25) is 0 Å². The number of nitrogens with one attached hydrogen (secondary N) is 1. The number of rotatable bonds is 7. The van der Waals surface area contributed by atoms with Crippen molar-refractivity contribution in [2.75, 3.05) is 19.7 Å². The van der Waals surface area contributed by atoms with Gasteiger partial charge in [0.1, 0.15) is 11.6 Å². The molecular weight excluding hydrogens is 378 g/mol. The van der Waals surface area contributed by atoms with Crippen LogP contribution in [0.1, 0.15) is 54.7 Å². The molecule has 156 valence electrons. The summed E-state index contributed by atoms with van der Waals surface area (Å²) in [6.45, 7) is 3.90. The Balaban J connectivity index is 1.33. The summed E-state index contributed by atoms with van der Waals surface area (Å²) in [5.41, 5.74) is 2.60. The van der Waals surface area contributed by atoms with Crippen molar-refractivity contribution in [3.63, 3.8) is 0 Å². The van der Waals surface area contributed by atoms with Gasteiger partial charge in [0.2, 0.25) is 5.91 Å². The fourth-order valence-corrected chi connectivity index (χ4v) is 4.02. The first-order valence-electron chi connectivity index (χ1n) is 10.6. The minimum atomic E-state index is -0.0164. The monoisotopic (exact) mass is 405 g/mol. The molecule has 0 aliphatic carbocycles. The van der Waals surface area contributed by atoms with E-state index in [0.29, 0.717) is 18.7 Å². The number of hydrogen-bond donors (Lipinski definition) is 1. The Morgan fingerprint density at radius 1 is 1.13 bits per heavy atom. The molecule has 0 radical (unpaired) electrons. The topological polar surface area (TPSA) is 75.3 Å². The van der Waals surface area contributed by atoms with Crippen LogP contribution in [0.15, 0.2) is 48.5 Å². The van der Waals surface area contributed by atoms with Crippen LogP contribution in [0.3, 0.4) is 0 Å². The van der Waals surface area contributed by atoms with E-state index in [0.717, 1.165) is 42.0 Å². The zero-order chi connectivity index (χ0) is 20.9. The largest absolute Gasteiger partial charge is 0.494 e. The summed E-state index contributed by atoms with van der Waals surface area (Å²) in [6.07, 6.45) is 2.41. The molecule has 6 nitrogen and oxygen atoms in total. The third-order valence-corrected chi connectivity index (χ3v) is 5.62. The Kier molecular flexibility index (Phi) is 6.12. The number of carbonyl (C=O) groups is 2. The lowest BCUT2D eigenvalue weighted by atomic mass is 9.96. The van der Waals surface area contributed by atoms with Gasteiger partial charge in [0.25, 0.3) is 0 Å². The second-order valence-corrected chi connectivity index (χ2v) is 7.70. The predicted octanol–water partition coefficient (Wildman–Crippen LogP) is 4.33. The normalized spacial score (nSPS) is 16.6. The van der Waals surface area contributed by atoms with Gasteiger partial charge in [-0.2, -0.15) is 0 Å². The van der Waals surface area contributed by atoms with Gasteiger partial charge in [0.15, 0.2) is 5.78 Å². The summed E-state index contributed by atoms with van der Waals surface area (Å²) < 4.78 is 5.40. The minimum Gasteiger partial charge on any atom is -0.494 e. The summed E-state index contributed by atoms with van der Waals surface area (Å²) in [4.78, 5) is 35.2. The number of aromatic amines is 1. The number of H-pyrrole nitrogens is 1. The van der Waals surface area contributed by atoms with Gasteiger partial charge in [0.05, 0.1) is 17.6 Å². The molecular formula is C24H27N3O3. The van der Waals surface area contributed by atoms with Gasteiger partial charge in [-0.3, -0.25) is 9.59 Å². The van der Waals surface area contributed by atoms with Crippen molar-refractivity contribution in [1.29, 1.82) is 0 Å². The lowest BCUT2D eigenvalue weighted by molar-refractivity contribution is -0.132. The lowest BCUT2D eigenvalue weighted by Crippen LogP contribution is -2.39. The molecule has 0 spiro atoms. The highest BCUT2D eigenvalue weighted by molar-refractivity contribution is 5.98. The Morgan fingerprint density at radius 3 is 2.70 bits per heavy atom. The molecule has 1 aliphatic heterocycles. The molecule has 1 fully saturated rings. The quantitative estimate of drug-likeness (QED) is 0.594. The van der Waals surface area contributed by atoms with Crippen LogP contribution in [0, 0.1) is 0 Å². The second kappa shape index (κ2) is 9.11. The van der Waals surface area contributed by atoms with E-state index >= 15 is 0 Å². The molecule has 4 rings (SSSR count). The van der Waals surface area contributed by atoms with Crippen LogP contribution >= 0.6 is 0 Å². The molecule has 0 bridgehead atoms. The van der Waals surface area contributed by atoms with E-state index in [9.17, 15) is 9.59 Å². The summed E-state index contributed by atoms with van der Waals surface area (Å²) in [5, 5.41) is 0. The van der Waals surface area contributed by atoms with Crippen molar-refractivity contribution < 1.29 is 14.3 Å². The predicted molar refractivity (Wildman–Crippen MR) is 116 cm³/mol. The third-order valence-electron chi connectivity index (χ3n) is 5.62. The number of likely N-dealkylation sites (tertiary alicyclic amines) is 1. The van der Waals surface area contributed by atoms with Gasteiger partial charge in [-0.15, -0.1) is 0 Å². The van der Waals surface area contributed by atoms with Crippen LogP contribution in [0.25, 0.3) is 11.0 Å². The van der Waals surface area contributed by atoms with Crippen LogP contribution < -0.4 is 4.74 Å². The molecule has 1 amide bonds. The van der Waals surface area contributed by atoms with Crippen molar-refractivity contribution in [3.8, 4) is 5.75 Å². The minimum absolute atomic E-state index is 0.0164. The molecule has 30 heavy (non-hydrogen) atoms. The second-order valence-electron chi connectivity index (χ2n) is 7.70. The number of aromatic nitrogens is 2. The zero-order valence-electron chi connectivity index (χ0n) is 17.3. The average Bonchev–Trinajstić information content (AvgIpc) is 3.22. The van der Waals surface area contributed by atoms with Crippen LogP contribution in [0.5, 0.6) is 5.75 Å². The first-order chi connectivity index (χ1) is 14.6. The number of para-hydroxylation sites is 2. The maximum Gasteiger partial charge on any atom is 0.223 e. The Hall–Kier alpha value is -3.15. The fourth-order valence-electron chi connectivity index (χ4n) is 4.02. The van der Waals surface area contributed by atoms with Gasteiger partial charge in [-0.25, -0.2) is 4.98 Å². The summed E-state index contributed by atoms with van der Waals surface area (Å²) >= 11 is 0. The van der Waals surface area contributed by atoms with Crippen molar-refractivity contribution in [1.82, 2.24) is 14.9 Å². The molecule has 1 atom stereocenters. The number of piperidine rings is 1. The van der Waals surface area contributed by atoms with Crippen LogP contribution in [0.4, 0.5) is 0 Å². The smallest absolute Gasteiger partial charge is 0.223 e. The number of Topliss-reactive ketones (excluding diaryl/α,β-unsaturated/α-hetero) is 1. The van der Waals surface area contributed by atoms with Crippen molar-refractivity contribution in [2.24, 2.45) is 0 Å². The maximum absolute atomic E-state index is 12.7. The number of ether oxygens (including phenoxy) is 1. The van der Waals surface area contributed by atoms with Crippen molar-refractivity contribution >= 4 is 22.7 Å². The van der Waals surface area contributed by atoms with Gasteiger partial charge in [-0.05, 0) is 56.2 Å². The molecule has 2 aromatic carbocycles. The molecule has 1 aromatic heterocycles. The number of ketones is 1. The van der Waals surface area contributed by atoms with E-state index in [1.165, 1.54) is 0 Å². The molecule has 1 unspecified atom stereocenters. The SMILES string of the molecule is CCOc1ccc(C(=O)CCC(=O)N2CCCC(c3nc4ccccc4[nH]3)C2)cc1. The summed E-state index contributed by atoms with van der Waals surface area (Å²) in [5.74, 6) is 1.92. The number of benzene rings is 2. The Bertz CT molecular complexity index is 993. The van der Waals surface area contributed by atoms with Gasteiger partial charge in [0, 0.05) is 37.4 Å². The van der Waals surface area contributed by atoms with Gasteiger partial charge in [-0.1, -0.05) is 12.1 Å². The van der Waals surface area contributed by atoms with E-state index in [1.54, 1.807) is 24.3 Å². The van der Waals surface area contributed by atoms with Gasteiger partial charge < -0.3 is 14.6 Å². The van der Waals surface area contributed by atoms with E-state index in [1.807, 2.05) is 36.1 Å². The molecule has 3 aromatic rings. The zero-order valence-corrected chi connectivity index (χ0v) is 17.3. The number of hydrogen-bond acceptors (Lipinski definition) is 4. The molecule has 2 heterocycles. The highest BCUT2D eigenvalue weighted by Crippen LogP contribution is 2.27. The number of fused-ring (bicyclic) bond motifs is 1. The first kappa shape index (κ1) is 20.1. The Labute approximate surface area is 176 Å². The van der Waals surface area contributed by atoms with E-state index < -0.39 is 0 Å². The standard InChI is InChI=1S/C24H27N3O3/c1-2-30-19-11-9-17(10-12-19)22(28)13-14-23(29)27-15-5-6-18(16-27)24-25-20-7-3-4-8-21(20)26-24/h3-4,7-12,18H,2,5-6,13-16H2,1H3,(H,25,26). The maximum atomic E-state index is 12.7. The summed E-state index contributed by atoms with van der Waals surface area (Å²) in [6, 6.07) is 15.1. The molecule has 6 heteroatoms. The number of nitrogens with zero attached hydrogens (tertiary/aromatic N) is 2. The van der Waals surface area contributed by atoms with Gasteiger partial charge >= 0.3 is 0 Å².